The first-order valence-electron chi connectivity index (χ1n) is 11.9. The van der Waals surface area contributed by atoms with Gasteiger partial charge in [0.05, 0.1) is 11.6 Å². The summed E-state index contributed by atoms with van der Waals surface area (Å²) in [4.78, 5) is 30.5. The summed E-state index contributed by atoms with van der Waals surface area (Å²) in [5.41, 5.74) is 2.49. The summed E-state index contributed by atoms with van der Waals surface area (Å²) < 4.78 is 6.53. The van der Waals surface area contributed by atoms with E-state index in [9.17, 15) is 9.59 Å². The number of hydrogen-bond acceptors (Lipinski definition) is 3. The lowest BCUT2D eigenvalue weighted by atomic mass is 9.90. The predicted molar refractivity (Wildman–Crippen MR) is 126 cm³/mol. The number of hydrogen-bond donors (Lipinski definition) is 0. The minimum Gasteiger partial charge on any atom is -0.487 e. The number of benzene rings is 2. The zero-order chi connectivity index (χ0) is 22.5. The Morgan fingerprint density at radius 1 is 0.906 bits per heavy atom. The average molecular weight is 435 g/mol. The fourth-order valence-corrected chi connectivity index (χ4v) is 4.88. The monoisotopic (exact) mass is 434 g/mol. The van der Waals surface area contributed by atoms with Crippen molar-refractivity contribution in [3.05, 3.63) is 65.2 Å². The second-order valence-corrected chi connectivity index (χ2v) is 9.16. The highest BCUT2D eigenvalue weighted by molar-refractivity contribution is 5.97. The number of nitrogens with zero attached hydrogens (tertiary/aromatic N) is 2. The van der Waals surface area contributed by atoms with Crippen molar-refractivity contribution in [1.29, 1.82) is 0 Å². The van der Waals surface area contributed by atoms with E-state index in [1.54, 1.807) is 4.90 Å². The Labute approximate surface area is 191 Å². The molecule has 1 aliphatic carbocycles. The Morgan fingerprint density at radius 2 is 1.62 bits per heavy atom. The van der Waals surface area contributed by atoms with E-state index in [0.717, 1.165) is 62.6 Å². The van der Waals surface area contributed by atoms with Crippen LogP contribution in [0.3, 0.4) is 0 Å². The molecule has 0 N–H and O–H groups in total. The van der Waals surface area contributed by atoms with Crippen LogP contribution in [0, 0.1) is 6.92 Å². The first-order chi connectivity index (χ1) is 15.5. The molecule has 0 bridgehead atoms. The van der Waals surface area contributed by atoms with Crippen LogP contribution in [0.4, 0.5) is 0 Å². The van der Waals surface area contributed by atoms with Crippen LogP contribution in [0.1, 0.15) is 71.2 Å². The molecule has 2 amide bonds. The van der Waals surface area contributed by atoms with Crippen molar-refractivity contribution >= 4 is 11.8 Å². The molecular formula is C27H34N2O3. The van der Waals surface area contributed by atoms with Crippen molar-refractivity contribution in [3.63, 3.8) is 0 Å². The van der Waals surface area contributed by atoms with E-state index in [1.807, 2.05) is 62.5 Å². The molecule has 2 aromatic rings. The van der Waals surface area contributed by atoms with Gasteiger partial charge in [0.25, 0.3) is 11.8 Å². The summed E-state index contributed by atoms with van der Waals surface area (Å²) in [6, 6.07) is 15.4. The largest absolute Gasteiger partial charge is 0.487 e. The summed E-state index contributed by atoms with van der Waals surface area (Å²) in [5.74, 6) is 0.713. The third-order valence-corrected chi connectivity index (χ3v) is 6.76. The Bertz CT molecular complexity index is 940. The van der Waals surface area contributed by atoms with Crippen LogP contribution in [0.15, 0.2) is 48.5 Å². The summed E-state index contributed by atoms with van der Waals surface area (Å²) in [5, 5.41) is 0. The molecule has 2 aromatic carbocycles. The Balaban J connectivity index is 1.68. The van der Waals surface area contributed by atoms with E-state index in [4.69, 9.17) is 4.74 Å². The summed E-state index contributed by atoms with van der Waals surface area (Å²) in [7, 11) is 1.86. The Hall–Kier alpha value is -2.82. The van der Waals surface area contributed by atoms with E-state index in [2.05, 4.69) is 4.90 Å². The zero-order valence-electron chi connectivity index (χ0n) is 19.3. The molecule has 0 unspecified atom stereocenters. The number of ether oxygens (including phenoxy) is 1. The van der Waals surface area contributed by atoms with Crippen LogP contribution in [0.5, 0.6) is 5.75 Å². The van der Waals surface area contributed by atoms with Gasteiger partial charge in [0.15, 0.2) is 0 Å². The highest BCUT2D eigenvalue weighted by atomic mass is 16.5. The van der Waals surface area contributed by atoms with E-state index < -0.39 is 0 Å². The van der Waals surface area contributed by atoms with Gasteiger partial charge in [0, 0.05) is 25.7 Å². The Kier molecular flexibility index (Phi) is 7.13. The van der Waals surface area contributed by atoms with Crippen LogP contribution in [0.25, 0.3) is 0 Å². The molecule has 0 aromatic heterocycles. The smallest absolute Gasteiger partial charge is 0.257 e. The minimum absolute atomic E-state index is 0.000190. The topological polar surface area (TPSA) is 49.9 Å². The third-order valence-electron chi connectivity index (χ3n) is 6.76. The number of aryl methyl sites for hydroxylation is 1. The third kappa shape index (κ3) is 4.98. The molecule has 2 atom stereocenters. The van der Waals surface area contributed by atoms with E-state index in [1.165, 1.54) is 0 Å². The van der Waals surface area contributed by atoms with Crippen molar-refractivity contribution in [2.24, 2.45) is 0 Å². The van der Waals surface area contributed by atoms with Crippen LogP contribution in [0.2, 0.25) is 0 Å². The molecule has 2 aliphatic rings. The number of carbonyl (C=O) groups is 2. The lowest BCUT2D eigenvalue weighted by molar-refractivity contribution is 0.0273. The lowest BCUT2D eigenvalue weighted by Gasteiger charge is -2.40. The maximum atomic E-state index is 13.6. The van der Waals surface area contributed by atoms with Gasteiger partial charge >= 0.3 is 0 Å². The number of carbonyl (C=O) groups excluding carboxylic acids is 2. The van der Waals surface area contributed by atoms with Gasteiger partial charge < -0.3 is 14.5 Å². The average Bonchev–Trinajstić information content (AvgIpc) is 2.82. The molecule has 1 aliphatic heterocycles. The molecule has 1 heterocycles. The second kappa shape index (κ2) is 10.2. The van der Waals surface area contributed by atoms with E-state index in [0.29, 0.717) is 17.9 Å². The van der Waals surface area contributed by atoms with Crippen LogP contribution < -0.4 is 4.74 Å². The quantitative estimate of drug-likeness (QED) is 0.629. The molecular weight excluding hydrogens is 400 g/mol. The van der Waals surface area contributed by atoms with E-state index in [-0.39, 0.29) is 24.0 Å². The van der Waals surface area contributed by atoms with Gasteiger partial charge in [-0.05, 0) is 69.7 Å². The van der Waals surface area contributed by atoms with E-state index >= 15 is 0 Å². The maximum absolute atomic E-state index is 13.6. The molecule has 0 spiro atoms. The van der Waals surface area contributed by atoms with Gasteiger partial charge in [-0.1, -0.05) is 36.2 Å². The molecule has 0 radical (unpaired) electrons. The highest BCUT2D eigenvalue weighted by Gasteiger charge is 2.35. The molecule has 170 valence electrons. The number of para-hydroxylation sites is 1. The van der Waals surface area contributed by atoms with Crippen LogP contribution in [-0.4, -0.2) is 53.9 Å². The molecule has 5 nitrogen and oxygen atoms in total. The number of rotatable bonds is 1. The summed E-state index contributed by atoms with van der Waals surface area (Å²) >= 11 is 0. The molecule has 0 saturated heterocycles. The zero-order valence-corrected chi connectivity index (χ0v) is 19.3. The van der Waals surface area contributed by atoms with Gasteiger partial charge in [-0.25, -0.2) is 0 Å². The summed E-state index contributed by atoms with van der Waals surface area (Å²) in [6.07, 6.45) is 6.70. The highest BCUT2D eigenvalue weighted by Crippen LogP contribution is 2.31. The van der Waals surface area contributed by atoms with Gasteiger partial charge in [-0.3, -0.25) is 9.59 Å². The lowest BCUT2D eigenvalue weighted by Crippen LogP contribution is -2.51. The minimum atomic E-state index is -0.113. The van der Waals surface area contributed by atoms with Crippen molar-refractivity contribution in [2.45, 2.75) is 64.0 Å². The second-order valence-electron chi connectivity index (χ2n) is 9.16. The van der Waals surface area contributed by atoms with Gasteiger partial charge in [-0.15, -0.1) is 0 Å². The first-order valence-corrected chi connectivity index (χ1v) is 11.9. The molecule has 5 heteroatoms. The fourth-order valence-electron chi connectivity index (χ4n) is 4.88. The van der Waals surface area contributed by atoms with Crippen LogP contribution >= 0.6 is 0 Å². The number of fused-ring (bicyclic) bond motifs is 2. The van der Waals surface area contributed by atoms with Crippen molar-refractivity contribution < 1.29 is 14.3 Å². The van der Waals surface area contributed by atoms with Gasteiger partial charge in [-0.2, -0.15) is 0 Å². The molecule has 1 fully saturated rings. The predicted octanol–water partition coefficient (Wildman–Crippen LogP) is 5.08. The fraction of sp³-hybridized carbons (Fsp3) is 0.481. The molecule has 32 heavy (non-hydrogen) atoms. The molecule has 1 saturated carbocycles. The normalized spacial score (nSPS) is 22.5. The van der Waals surface area contributed by atoms with Crippen molar-refractivity contribution in [2.75, 3.05) is 20.1 Å². The first kappa shape index (κ1) is 22.4. The molecule has 4 rings (SSSR count). The standard InChI is InChI=1S/C27H34N2O3/c1-20-14-16-21(17-15-20)26(30)29-19-9-3-8-18-28(2)27(31)22-10-4-6-12-24(22)32-25-13-7-5-11-23(25)29/h4,6,10,12,14-17,23,25H,3,5,7-9,11,13,18-19H2,1-2H3/t23-,25+/m1/s1. The Morgan fingerprint density at radius 3 is 2.44 bits per heavy atom. The van der Waals surface area contributed by atoms with Gasteiger partial charge in [0.1, 0.15) is 11.9 Å². The maximum Gasteiger partial charge on any atom is 0.257 e. The number of amides is 2. The van der Waals surface area contributed by atoms with Gasteiger partial charge in [0.2, 0.25) is 0 Å². The van der Waals surface area contributed by atoms with Crippen LogP contribution in [-0.2, 0) is 0 Å². The SMILES string of the molecule is Cc1ccc(C(=O)N2CCCCCN(C)C(=O)c3ccccc3O[C@H]3CCCC[C@H]32)cc1. The van der Waals surface area contributed by atoms with Crippen molar-refractivity contribution in [1.82, 2.24) is 9.80 Å². The summed E-state index contributed by atoms with van der Waals surface area (Å²) in [6.45, 7) is 3.46. The van der Waals surface area contributed by atoms with Crippen molar-refractivity contribution in [3.8, 4) is 5.75 Å².